The van der Waals surface area contributed by atoms with E-state index in [9.17, 15) is 29.4 Å². The summed E-state index contributed by atoms with van der Waals surface area (Å²) < 4.78 is 10.2. The molecule has 0 aliphatic carbocycles. The van der Waals surface area contributed by atoms with E-state index in [1.54, 1.807) is 6.92 Å². The van der Waals surface area contributed by atoms with E-state index in [2.05, 4.69) is 0 Å². The predicted octanol–water partition coefficient (Wildman–Crippen LogP) is 1.35. The standard InChI is InChI=1S/C18H18N2O8/c1-2-27-11(21)6-7-28-10-5-3-4-9(8-10)12-13(17(23)24)15(19)20-16(22)14(12)18(25)26/h3-5,8H,2,6-7H2,1H3,(H,23,24)(H,25,26)(H3,19,20,22). The molecular weight excluding hydrogens is 372 g/mol. The summed E-state index contributed by atoms with van der Waals surface area (Å²) in [6, 6.07) is 5.80. The molecule has 1 heterocycles. The molecule has 0 aliphatic rings. The average molecular weight is 390 g/mol. The van der Waals surface area contributed by atoms with Crippen molar-refractivity contribution in [3.8, 4) is 16.9 Å². The van der Waals surface area contributed by atoms with Crippen LogP contribution in [0, 0.1) is 0 Å². The fraction of sp³-hybridized carbons (Fsp3) is 0.222. The molecule has 2 aromatic rings. The number of hydrogen-bond acceptors (Lipinski definition) is 7. The second kappa shape index (κ2) is 8.71. The van der Waals surface area contributed by atoms with Crippen LogP contribution in [0.15, 0.2) is 29.1 Å². The Morgan fingerprint density at radius 1 is 1.14 bits per heavy atom. The lowest BCUT2D eigenvalue weighted by atomic mass is 9.95. The van der Waals surface area contributed by atoms with Crippen molar-refractivity contribution in [1.82, 2.24) is 4.98 Å². The number of carboxylic acids is 2. The van der Waals surface area contributed by atoms with Gasteiger partial charge in [-0.2, -0.15) is 0 Å². The Balaban J connectivity index is 2.48. The lowest BCUT2D eigenvalue weighted by molar-refractivity contribution is -0.143. The van der Waals surface area contributed by atoms with E-state index >= 15 is 0 Å². The van der Waals surface area contributed by atoms with Gasteiger partial charge in [-0.05, 0) is 24.6 Å². The van der Waals surface area contributed by atoms with Crippen molar-refractivity contribution in [2.24, 2.45) is 0 Å². The zero-order valence-corrected chi connectivity index (χ0v) is 14.9. The molecule has 0 fully saturated rings. The summed E-state index contributed by atoms with van der Waals surface area (Å²) in [5, 5.41) is 18.8. The highest BCUT2D eigenvalue weighted by Gasteiger charge is 2.26. The number of rotatable bonds is 8. The molecule has 28 heavy (non-hydrogen) atoms. The fourth-order valence-electron chi connectivity index (χ4n) is 2.56. The molecule has 1 aromatic heterocycles. The van der Waals surface area contributed by atoms with Gasteiger partial charge in [0.25, 0.3) is 5.56 Å². The van der Waals surface area contributed by atoms with Crippen LogP contribution in [0.4, 0.5) is 5.82 Å². The van der Waals surface area contributed by atoms with Gasteiger partial charge in [0.1, 0.15) is 22.7 Å². The number of carbonyl (C=O) groups is 3. The molecule has 0 unspecified atom stereocenters. The second-order valence-corrected chi connectivity index (χ2v) is 5.53. The molecule has 0 saturated carbocycles. The molecule has 1 aromatic carbocycles. The highest BCUT2D eigenvalue weighted by molar-refractivity contribution is 6.07. The number of nitrogens with two attached hydrogens (primary N) is 1. The Labute approximate surface area is 158 Å². The van der Waals surface area contributed by atoms with Crippen LogP contribution in [-0.2, 0) is 9.53 Å². The van der Waals surface area contributed by atoms with E-state index in [-0.39, 0.29) is 36.5 Å². The van der Waals surface area contributed by atoms with E-state index in [4.69, 9.17) is 15.2 Å². The maximum Gasteiger partial charge on any atom is 0.342 e. The normalized spacial score (nSPS) is 10.3. The highest BCUT2D eigenvalue weighted by atomic mass is 16.5. The van der Waals surface area contributed by atoms with E-state index in [1.807, 2.05) is 4.98 Å². The van der Waals surface area contributed by atoms with Crippen molar-refractivity contribution < 1.29 is 34.1 Å². The van der Waals surface area contributed by atoms with Gasteiger partial charge in [-0.3, -0.25) is 9.59 Å². The van der Waals surface area contributed by atoms with Crippen LogP contribution in [0.3, 0.4) is 0 Å². The van der Waals surface area contributed by atoms with Crippen molar-refractivity contribution in [3.63, 3.8) is 0 Å². The molecule has 0 bridgehead atoms. The summed E-state index contributed by atoms with van der Waals surface area (Å²) in [5.41, 5.74) is 3.05. The first-order valence-corrected chi connectivity index (χ1v) is 8.17. The van der Waals surface area contributed by atoms with Crippen LogP contribution >= 0.6 is 0 Å². The summed E-state index contributed by atoms with van der Waals surface area (Å²) >= 11 is 0. The average Bonchev–Trinajstić information content (AvgIpc) is 2.60. The van der Waals surface area contributed by atoms with Crippen LogP contribution < -0.4 is 16.0 Å². The molecule has 0 saturated heterocycles. The summed E-state index contributed by atoms with van der Waals surface area (Å²) in [4.78, 5) is 48.6. The highest BCUT2D eigenvalue weighted by Crippen LogP contribution is 2.31. The zero-order valence-electron chi connectivity index (χ0n) is 14.9. The van der Waals surface area contributed by atoms with Gasteiger partial charge in [-0.15, -0.1) is 0 Å². The summed E-state index contributed by atoms with van der Waals surface area (Å²) in [6.07, 6.45) is -0.00320. The van der Waals surface area contributed by atoms with Crippen LogP contribution in [0.5, 0.6) is 5.75 Å². The van der Waals surface area contributed by atoms with Gasteiger partial charge in [0.2, 0.25) is 0 Å². The van der Waals surface area contributed by atoms with Crippen LogP contribution in [0.1, 0.15) is 34.1 Å². The largest absolute Gasteiger partial charge is 0.493 e. The smallest absolute Gasteiger partial charge is 0.342 e. The van der Waals surface area contributed by atoms with Gasteiger partial charge >= 0.3 is 17.9 Å². The summed E-state index contributed by atoms with van der Waals surface area (Å²) in [7, 11) is 0. The molecule has 0 radical (unpaired) electrons. The third-order valence-electron chi connectivity index (χ3n) is 3.68. The first-order valence-electron chi connectivity index (χ1n) is 8.17. The number of hydrogen-bond donors (Lipinski definition) is 4. The van der Waals surface area contributed by atoms with Crippen LogP contribution in [0.2, 0.25) is 0 Å². The number of ether oxygens (including phenoxy) is 2. The molecule has 148 valence electrons. The van der Waals surface area contributed by atoms with Gasteiger partial charge in [0.05, 0.1) is 19.6 Å². The monoisotopic (exact) mass is 390 g/mol. The van der Waals surface area contributed by atoms with Crippen molar-refractivity contribution in [1.29, 1.82) is 0 Å². The summed E-state index contributed by atoms with van der Waals surface area (Å²) in [6.45, 7) is 1.92. The van der Waals surface area contributed by atoms with Crippen molar-refractivity contribution in [3.05, 3.63) is 45.7 Å². The first-order chi connectivity index (χ1) is 13.3. The number of pyridine rings is 1. The maximum absolute atomic E-state index is 12.1. The minimum absolute atomic E-state index is 0.00261. The van der Waals surface area contributed by atoms with Crippen molar-refractivity contribution >= 4 is 23.7 Å². The summed E-state index contributed by atoms with van der Waals surface area (Å²) in [5.74, 6) is -3.77. The van der Waals surface area contributed by atoms with Gasteiger partial charge < -0.3 is 30.4 Å². The first kappa shape index (κ1) is 20.5. The molecule has 2 rings (SSSR count). The molecule has 0 spiro atoms. The van der Waals surface area contributed by atoms with Crippen molar-refractivity contribution in [2.45, 2.75) is 13.3 Å². The quantitative estimate of drug-likeness (QED) is 0.486. The van der Waals surface area contributed by atoms with Crippen molar-refractivity contribution in [2.75, 3.05) is 18.9 Å². The van der Waals surface area contributed by atoms with Gasteiger partial charge in [0.15, 0.2) is 0 Å². The molecule has 5 N–H and O–H groups in total. The van der Waals surface area contributed by atoms with Gasteiger partial charge in [-0.1, -0.05) is 12.1 Å². The van der Waals surface area contributed by atoms with E-state index in [0.717, 1.165) is 0 Å². The molecule has 0 aliphatic heterocycles. The minimum Gasteiger partial charge on any atom is -0.493 e. The van der Waals surface area contributed by atoms with Gasteiger partial charge in [0, 0.05) is 5.56 Å². The number of benzene rings is 1. The number of aromatic nitrogens is 1. The molecule has 0 atom stereocenters. The SMILES string of the molecule is CCOC(=O)CCOc1cccc(-c2c(C(=O)O)c(N)[nH]c(=O)c2C(=O)O)c1. The Bertz CT molecular complexity index is 980. The Morgan fingerprint density at radius 2 is 1.82 bits per heavy atom. The lowest BCUT2D eigenvalue weighted by Gasteiger charge is -2.13. The number of anilines is 1. The topological polar surface area (TPSA) is 169 Å². The zero-order chi connectivity index (χ0) is 20.8. The fourth-order valence-corrected chi connectivity index (χ4v) is 2.56. The number of carboxylic acid groups (broad SMARTS) is 2. The number of esters is 1. The van der Waals surface area contributed by atoms with Gasteiger partial charge in [-0.25, -0.2) is 9.59 Å². The second-order valence-electron chi connectivity index (χ2n) is 5.53. The maximum atomic E-state index is 12.1. The Morgan fingerprint density at radius 3 is 2.43 bits per heavy atom. The van der Waals surface area contributed by atoms with E-state index in [0.29, 0.717) is 0 Å². The van der Waals surface area contributed by atoms with E-state index in [1.165, 1.54) is 24.3 Å². The Kier molecular flexibility index (Phi) is 6.38. The molecular formula is C18H18N2O8. The molecule has 0 amide bonds. The number of aromatic amines is 1. The number of nitrogens with one attached hydrogen (secondary N) is 1. The van der Waals surface area contributed by atoms with Crippen LogP contribution in [-0.4, -0.2) is 46.3 Å². The third kappa shape index (κ3) is 4.47. The number of aromatic carboxylic acids is 2. The molecule has 10 nitrogen and oxygen atoms in total. The minimum atomic E-state index is -1.60. The molecule has 10 heteroatoms. The van der Waals surface area contributed by atoms with E-state index < -0.39 is 40.4 Å². The third-order valence-corrected chi connectivity index (χ3v) is 3.68. The Hall–Kier alpha value is -3.82. The predicted molar refractivity (Wildman–Crippen MR) is 97.6 cm³/mol. The van der Waals surface area contributed by atoms with Crippen LogP contribution in [0.25, 0.3) is 11.1 Å². The number of carbonyl (C=O) groups excluding carboxylic acids is 1. The number of H-pyrrole nitrogens is 1. The number of nitrogen functional groups attached to an aromatic ring is 1. The lowest BCUT2D eigenvalue weighted by Crippen LogP contribution is -2.24.